The predicted molar refractivity (Wildman–Crippen MR) is 78.7 cm³/mol. The van der Waals surface area contributed by atoms with Crippen LogP contribution in [0.2, 0.25) is 0 Å². The minimum Gasteiger partial charge on any atom is -0.494 e. The first-order valence-electron chi connectivity index (χ1n) is 6.69. The average molecular weight is 264 g/mol. The molecule has 1 aromatic rings. The van der Waals surface area contributed by atoms with E-state index in [4.69, 9.17) is 21.6 Å². The van der Waals surface area contributed by atoms with Gasteiger partial charge >= 0.3 is 0 Å². The Balaban J connectivity index is 2.52. The summed E-state index contributed by atoms with van der Waals surface area (Å²) in [6.45, 7) is 3.69. The number of nitrogens with one attached hydrogen (secondary N) is 2. The highest BCUT2D eigenvalue weighted by molar-refractivity contribution is 5.96. The molecule has 5 heteroatoms. The van der Waals surface area contributed by atoms with Crippen LogP contribution in [0.1, 0.15) is 25.3 Å². The topological polar surface area (TPSA) is 97.1 Å². The third kappa shape index (κ3) is 5.28. The summed E-state index contributed by atoms with van der Waals surface area (Å²) in [5.74, 6) is 1.17. The maximum Gasteiger partial charge on any atom is 0.125 e. The van der Waals surface area contributed by atoms with Gasteiger partial charge in [-0.1, -0.05) is 13.3 Å². The van der Waals surface area contributed by atoms with Crippen LogP contribution >= 0.6 is 0 Å². The second-order valence-electron chi connectivity index (χ2n) is 4.41. The van der Waals surface area contributed by atoms with Crippen LogP contribution in [0.4, 0.5) is 0 Å². The van der Waals surface area contributed by atoms with Crippen LogP contribution in [0.5, 0.6) is 5.75 Å². The first-order chi connectivity index (χ1) is 9.21. The molecule has 1 rings (SSSR count). The van der Waals surface area contributed by atoms with E-state index in [9.17, 15) is 0 Å². The van der Waals surface area contributed by atoms with Gasteiger partial charge in [-0.05, 0) is 30.7 Å². The van der Waals surface area contributed by atoms with Crippen LogP contribution in [0, 0.1) is 5.41 Å². The fraction of sp³-hybridized carbons (Fsp3) is 0.500. The Morgan fingerprint density at radius 1 is 1.26 bits per heavy atom. The summed E-state index contributed by atoms with van der Waals surface area (Å²) in [5, 5.41) is 10.9. The Morgan fingerprint density at radius 3 is 2.42 bits per heavy atom. The quantitative estimate of drug-likeness (QED) is 0.321. The summed E-state index contributed by atoms with van der Waals surface area (Å²) in [6, 6.07) is 7.41. The molecule has 0 fully saturated rings. The summed E-state index contributed by atoms with van der Waals surface area (Å²) in [7, 11) is 0. The lowest BCUT2D eigenvalue weighted by molar-refractivity contribution is 0.309. The molecule has 0 atom stereocenters. The summed E-state index contributed by atoms with van der Waals surface area (Å²) in [6.07, 6.45) is 2.17. The number of unbranched alkanes of at least 4 members (excludes halogenated alkanes) is 1. The van der Waals surface area contributed by atoms with Gasteiger partial charge in [0.05, 0.1) is 12.6 Å². The van der Waals surface area contributed by atoms with Gasteiger partial charge in [0.25, 0.3) is 0 Å². The van der Waals surface area contributed by atoms with Crippen molar-refractivity contribution in [1.82, 2.24) is 5.32 Å². The zero-order chi connectivity index (χ0) is 14.1. The number of hydrogen-bond acceptors (Lipinski definition) is 4. The van der Waals surface area contributed by atoms with Gasteiger partial charge in [0, 0.05) is 18.7 Å². The van der Waals surface area contributed by atoms with Crippen LogP contribution < -0.4 is 21.5 Å². The van der Waals surface area contributed by atoms with E-state index in [-0.39, 0.29) is 6.04 Å². The van der Waals surface area contributed by atoms with Crippen molar-refractivity contribution in [1.29, 1.82) is 5.41 Å². The van der Waals surface area contributed by atoms with Crippen molar-refractivity contribution in [2.24, 2.45) is 11.5 Å². The zero-order valence-corrected chi connectivity index (χ0v) is 11.5. The number of ether oxygens (including phenoxy) is 1. The van der Waals surface area contributed by atoms with Gasteiger partial charge < -0.3 is 21.5 Å². The first-order valence-corrected chi connectivity index (χ1v) is 6.69. The summed E-state index contributed by atoms with van der Waals surface area (Å²) in [5.41, 5.74) is 11.9. The molecule has 0 aromatic heterocycles. The fourth-order valence-electron chi connectivity index (χ4n) is 1.55. The standard InChI is InChI=1S/C14H24N4O/c1-2-3-8-19-13-6-4-11(5-7-13)14(17)18-12(9-15)10-16/h4-7,12H,2-3,8-10,15-16H2,1H3,(H2,17,18). The van der Waals surface area contributed by atoms with Crippen molar-refractivity contribution in [3.05, 3.63) is 29.8 Å². The third-order valence-corrected chi connectivity index (χ3v) is 2.83. The van der Waals surface area contributed by atoms with Gasteiger partial charge in [0.1, 0.15) is 11.6 Å². The molecule has 0 bridgehead atoms. The number of rotatable bonds is 8. The Bertz CT molecular complexity index is 374. The Kier molecular flexibility index (Phi) is 6.92. The Hall–Kier alpha value is -1.59. The molecule has 0 unspecified atom stereocenters. The average Bonchev–Trinajstić information content (AvgIpc) is 2.45. The summed E-state index contributed by atoms with van der Waals surface area (Å²) >= 11 is 0. The molecular formula is C14H24N4O. The number of amidine groups is 1. The van der Waals surface area contributed by atoms with Crippen molar-refractivity contribution in [2.75, 3.05) is 19.7 Å². The Morgan fingerprint density at radius 2 is 1.89 bits per heavy atom. The van der Waals surface area contributed by atoms with Crippen LogP contribution in [-0.2, 0) is 0 Å². The molecule has 0 radical (unpaired) electrons. The molecule has 19 heavy (non-hydrogen) atoms. The van der Waals surface area contributed by atoms with E-state index in [2.05, 4.69) is 12.2 Å². The van der Waals surface area contributed by atoms with Gasteiger partial charge in [-0.2, -0.15) is 0 Å². The summed E-state index contributed by atoms with van der Waals surface area (Å²) < 4.78 is 5.57. The van der Waals surface area contributed by atoms with Gasteiger partial charge in [0.2, 0.25) is 0 Å². The smallest absolute Gasteiger partial charge is 0.125 e. The minimum absolute atomic E-state index is 0.0621. The second kappa shape index (κ2) is 8.50. The van der Waals surface area contributed by atoms with Gasteiger partial charge in [0.15, 0.2) is 0 Å². The zero-order valence-electron chi connectivity index (χ0n) is 11.5. The van der Waals surface area contributed by atoms with Crippen molar-refractivity contribution in [3.63, 3.8) is 0 Å². The maximum atomic E-state index is 7.94. The SMILES string of the molecule is CCCCOc1ccc(C(=N)NC(CN)CN)cc1. The largest absolute Gasteiger partial charge is 0.494 e. The molecule has 1 aromatic carbocycles. The molecule has 6 N–H and O–H groups in total. The predicted octanol–water partition coefficient (Wildman–Crippen LogP) is 1.07. The van der Waals surface area contributed by atoms with E-state index in [1.807, 2.05) is 24.3 Å². The van der Waals surface area contributed by atoms with Crippen LogP contribution in [0.25, 0.3) is 0 Å². The molecular weight excluding hydrogens is 240 g/mol. The molecule has 0 saturated heterocycles. The van der Waals surface area contributed by atoms with Gasteiger partial charge in [-0.15, -0.1) is 0 Å². The monoisotopic (exact) mass is 264 g/mol. The van der Waals surface area contributed by atoms with Gasteiger partial charge in [-0.3, -0.25) is 5.41 Å². The van der Waals surface area contributed by atoms with Crippen molar-refractivity contribution in [2.45, 2.75) is 25.8 Å². The van der Waals surface area contributed by atoms with E-state index in [0.29, 0.717) is 18.9 Å². The highest BCUT2D eigenvalue weighted by Crippen LogP contribution is 2.12. The van der Waals surface area contributed by atoms with E-state index in [1.54, 1.807) is 0 Å². The van der Waals surface area contributed by atoms with E-state index in [1.165, 1.54) is 0 Å². The molecule has 0 aliphatic heterocycles. The highest BCUT2D eigenvalue weighted by Gasteiger charge is 2.07. The van der Waals surface area contributed by atoms with Crippen LogP contribution in [-0.4, -0.2) is 31.6 Å². The fourth-order valence-corrected chi connectivity index (χ4v) is 1.55. The molecule has 0 saturated carbocycles. The lowest BCUT2D eigenvalue weighted by Crippen LogP contribution is -2.45. The number of nitrogens with two attached hydrogens (primary N) is 2. The minimum atomic E-state index is -0.0621. The molecule has 106 valence electrons. The Labute approximate surface area is 114 Å². The first kappa shape index (κ1) is 15.5. The van der Waals surface area contributed by atoms with Crippen molar-refractivity contribution < 1.29 is 4.74 Å². The number of benzene rings is 1. The van der Waals surface area contributed by atoms with Crippen LogP contribution in [0.15, 0.2) is 24.3 Å². The van der Waals surface area contributed by atoms with Crippen molar-refractivity contribution in [3.8, 4) is 5.75 Å². The molecule has 5 nitrogen and oxygen atoms in total. The second-order valence-corrected chi connectivity index (χ2v) is 4.41. The molecule has 0 aliphatic carbocycles. The third-order valence-electron chi connectivity index (χ3n) is 2.83. The highest BCUT2D eigenvalue weighted by atomic mass is 16.5. The van der Waals surface area contributed by atoms with Gasteiger partial charge in [-0.25, -0.2) is 0 Å². The van der Waals surface area contributed by atoms with E-state index in [0.717, 1.165) is 30.8 Å². The normalized spacial score (nSPS) is 10.5. The summed E-state index contributed by atoms with van der Waals surface area (Å²) in [4.78, 5) is 0. The lowest BCUT2D eigenvalue weighted by Gasteiger charge is -2.16. The maximum absolute atomic E-state index is 7.94. The number of hydrogen-bond donors (Lipinski definition) is 4. The van der Waals surface area contributed by atoms with E-state index >= 15 is 0 Å². The molecule has 0 amide bonds. The van der Waals surface area contributed by atoms with Crippen molar-refractivity contribution >= 4 is 5.84 Å². The van der Waals surface area contributed by atoms with E-state index < -0.39 is 0 Å². The lowest BCUT2D eigenvalue weighted by atomic mass is 10.2. The molecule has 0 heterocycles. The molecule has 0 spiro atoms. The van der Waals surface area contributed by atoms with Crippen LogP contribution in [0.3, 0.4) is 0 Å². The molecule has 0 aliphatic rings.